The Hall–Kier alpha value is -0.570. The molecule has 1 saturated heterocycles. The van der Waals surface area contributed by atoms with E-state index in [4.69, 9.17) is 22.1 Å². The number of hydrogen-bond acceptors (Lipinski definition) is 2. The van der Waals surface area contributed by atoms with E-state index in [1.807, 2.05) is 18.2 Å². The Morgan fingerprint density at radius 1 is 1.39 bits per heavy atom. The normalized spacial score (nSPS) is 21.1. The summed E-state index contributed by atoms with van der Waals surface area (Å²) in [5, 5.41) is 0.838. The van der Waals surface area contributed by atoms with Gasteiger partial charge in [-0.2, -0.15) is 0 Å². The average molecular weight is 268 g/mol. The van der Waals surface area contributed by atoms with E-state index in [0.717, 1.165) is 30.9 Å². The Balaban J connectivity index is 1.83. The summed E-state index contributed by atoms with van der Waals surface area (Å²) in [4.78, 5) is 0. The first kappa shape index (κ1) is 13.9. The minimum atomic E-state index is 0.375. The van der Waals surface area contributed by atoms with E-state index in [0.29, 0.717) is 18.6 Å². The first-order valence-electron chi connectivity index (χ1n) is 6.87. The van der Waals surface area contributed by atoms with E-state index in [1.165, 1.54) is 18.4 Å². The molecular weight excluding hydrogens is 246 g/mol. The molecule has 2 atom stereocenters. The minimum Gasteiger partial charge on any atom is -0.378 e. The molecule has 3 heteroatoms. The molecule has 1 aromatic rings. The second-order valence-electron chi connectivity index (χ2n) is 5.02. The molecule has 1 aromatic carbocycles. The summed E-state index contributed by atoms with van der Waals surface area (Å²) in [5.74, 6) is 0.375. The minimum absolute atomic E-state index is 0.375. The van der Waals surface area contributed by atoms with E-state index >= 15 is 0 Å². The third kappa shape index (κ3) is 3.71. The monoisotopic (exact) mass is 267 g/mol. The van der Waals surface area contributed by atoms with Crippen molar-refractivity contribution in [3.05, 3.63) is 34.9 Å². The van der Waals surface area contributed by atoms with Crippen LogP contribution in [0, 0.1) is 0 Å². The van der Waals surface area contributed by atoms with Crippen molar-refractivity contribution in [2.24, 2.45) is 5.73 Å². The van der Waals surface area contributed by atoms with Gasteiger partial charge in [0.1, 0.15) is 0 Å². The van der Waals surface area contributed by atoms with Gasteiger partial charge in [0, 0.05) is 11.6 Å². The molecule has 0 aromatic heterocycles. The van der Waals surface area contributed by atoms with E-state index in [2.05, 4.69) is 6.07 Å². The Labute approximate surface area is 114 Å². The van der Waals surface area contributed by atoms with E-state index in [1.54, 1.807) is 0 Å². The molecule has 0 aliphatic carbocycles. The maximum atomic E-state index is 6.22. The largest absolute Gasteiger partial charge is 0.378 e. The number of hydrogen-bond donors (Lipinski definition) is 1. The highest BCUT2D eigenvalue weighted by Gasteiger charge is 2.17. The summed E-state index contributed by atoms with van der Waals surface area (Å²) in [7, 11) is 0. The molecule has 2 N–H and O–H groups in total. The van der Waals surface area contributed by atoms with Crippen LogP contribution in [-0.4, -0.2) is 19.3 Å². The van der Waals surface area contributed by atoms with Crippen molar-refractivity contribution in [2.75, 3.05) is 13.2 Å². The Bertz CT molecular complexity index is 363. The lowest BCUT2D eigenvalue weighted by Crippen LogP contribution is -2.14. The van der Waals surface area contributed by atoms with Crippen LogP contribution >= 0.6 is 11.6 Å². The second kappa shape index (κ2) is 7.13. The fourth-order valence-corrected chi connectivity index (χ4v) is 2.96. The standard InChI is InChI=1S/C15H22ClNO/c16-15-9-2-1-8-14(15)12(11-17)5-3-6-13-7-4-10-18-13/h1-2,8-9,12-13H,3-7,10-11,17H2. The van der Waals surface area contributed by atoms with Gasteiger partial charge < -0.3 is 10.5 Å². The highest BCUT2D eigenvalue weighted by atomic mass is 35.5. The predicted octanol–water partition coefficient (Wildman–Crippen LogP) is 3.73. The zero-order chi connectivity index (χ0) is 12.8. The molecule has 100 valence electrons. The highest BCUT2D eigenvalue weighted by molar-refractivity contribution is 6.31. The van der Waals surface area contributed by atoms with Crippen LogP contribution in [0.4, 0.5) is 0 Å². The van der Waals surface area contributed by atoms with Gasteiger partial charge in [0.25, 0.3) is 0 Å². The summed E-state index contributed by atoms with van der Waals surface area (Å²) in [6, 6.07) is 8.03. The molecule has 18 heavy (non-hydrogen) atoms. The summed E-state index contributed by atoms with van der Waals surface area (Å²) in [6.07, 6.45) is 6.34. The van der Waals surface area contributed by atoms with Gasteiger partial charge in [-0.3, -0.25) is 0 Å². The molecule has 1 heterocycles. The Morgan fingerprint density at radius 2 is 2.22 bits per heavy atom. The van der Waals surface area contributed by atoms with Gasteiger partial charge in [-0.1, -0.05) is 36.2 Å². The molecule has 0 bridgehead atoms. The van der Waals surface area contributed by atoms with Crippen molar-refractivity contribution in [3.8, 4) is 0 Å². The van der Waals surface area contributed by atoms with Gasteiger partial charge in [-0.05, 0) is 49.8 Å². The van der Waals surface area contributed by atoms with E-state index in [9.17, 15) is 0 Å². The third-order valence-electron chi connectivity index (χ3n) is 3.73. The molecule has 0 saturated carbocycles. The lowest BCUT2D eigenvalue weighted by Gasteiger charge is -2.17. The van der Waals surface area contributed by atoms with E-state index in [-0.39, 0.29) is 0 Å². The first-order chi connectivity index (χ1) is 8.81. The lowest BCUT2D eigenvalue weighted by atomic mass is 9.92. The second-order valence-corrected chi connectivity index (χ2v) is 5.43. The quantitative estimate of drug-likeness (QED) is 0.852. The topological polar surface area (TPSA) is 35.2 Å². The summed E-state index contributed by atoms with van der Waals surface area (Å²) >= 11 is 6.22. The zero-order valence-electron chi connectivity index (χ0n) is 10.8. The van der Waals surface area contributed by atoms with Crippen molar-refractivity contribution in [1.82, 2.24) is 0 Å². The Kier molecular flexibility index (Phi) is 5.48. The molecule has 1 aliphatic rings. The number of halogens is 1. The summed E-state index contributed by atoms with van der Waals surface area (Å²) in [5.41, 5.74) is 7.07. The SMILES string of the molecule is NCC(CCCC1CCCO1)c1ccccc1Cl. The predicted molar refractivity (Wildman–Crippen MR) is 76.1 cm³/mol. The first-order valence-corrected chi connectivity index (χ1v) is 7.25. The van der Waals surface area contributed by atoms with Crippen LogP contribution in [0.3, 0.4) is 0 Å². The molecule has 2 nitrogen and oxygen atoms in total. The van der Waals surface area contributed by atoms with Crippen LogP contribution in [0.25, 0.3) is 0 Å². The maximum absolute atomic E-state index is 6.22. The van der Waals surface area contributed by atoms with Crippen molar-refractivity contribution in [3.63, 3.8) is 0 Å². The number of nitrogens with two attached hydrogens (primary N) is 1. The van der Waals surface area contributed by atoms with Crippen LogP contribution in [0.1, 0.15) is 43.6 Å². The lowest BCUT2D eigenvalue weighted by molar-refractivity contribution is 0.101. The van der Waals surface area contributed by atoms with Crippen LogP contribution < -0.4 is 5.73 Å². The molecule has 0 spiro atoms. The number of rotatable bonds is 6. The van der Waals surface area contributed by atoms with Gasteiger partial charge in [0.15, 0.2) is 0 Å². The van der Waals surface area contributed by atoms with Crippen LogP contribution in [0.15, 0.2) is 24.3 Å². The highest BCUT2D eigenvalue weighted by Crippen LogP contribution is 2.28. The summed E-state index contributed by atoms with van der Waals surface area (Å²) < 4.78 is 5.64. The zero-order valence-corrected chi connectivity index (χ0v) is 11.5. The van der Waals surface area contributed by atoms with Crippen LogP contribution in [0.2, 0.25) is 5.02 Å². The van der Waals surface area contributed by atoms with Gasteiger partial charge in [-0.15, -0.1) is 0 Å². The molecule has 2 rings (SSSR count). The maximum Gasteiger partial charge on any atom is 0.0576 e. The summed E-state index contributed by atoms with van der Waals surface area (Å²) in [6.45, 7) is 1.60. The molecular formula is C15H22ClNO. The molecule has 0 radical (unpaired) electrons. The number of benzene rings is 1. The number of ether oxygens (including phenoxy) is 1. The fourth-order valence-electron chi connectivity index (χ4n) is 2.67. The van der Waals surface area contributed by atoms with Gasteiger partial charge in [-0.25, -0.2) is 0 Å². The molecule has 1 aliphatic heterocycles. The molecule has 1 fully saturated rings. The van der Waals surface area contributed by atoms with Gasteiger partial charge in [0.2, 0.25) is 0 Å². The van der Waals surface area contributed by atoms with Crippen LogP contribution in [-0.2, 0) is 4.74 Å². The van der Waals surface area contributed by atoms with Gasteiger partial charge in [0.05, 0.1) is 6.10 Å². The van der Waals surface area contributed by atoms with Crippen molar-refractivity contribution in [1.29, 1.82) is 0 Å². The van der Waals surface area contributed by atoms with Gasteiger partial charge >= 0.3 is 0 Å². The van der Waals surface area contributed by atoms with Crippen molar-refractivity contribution < 1.29 is 4.74 Å². The van der Waals surface area contributed by atoms with E-state index < -0.39 is 0 Å². The average Bonchev–Trinajstić information content (AvgIpc) is 2.89. The molecule has 0 amide bonds. The van der Waals surface area contributed by atoms with Crippen molar-refractivity contribution in [2.45, 2.75) is 44.1 Å². The Morgan fingerprint density at radius 3 is 2.89 bits per heavy atom. The van der Waals surface area contributed by atoms with Crippen molar-refractivity contribution >= 4 is 11.6 Å². The molecule has 2 unspecified atom stereocenters. The van der Waals surface area contributed by atoms with Crippen LogP contribution in [0.5, 0.6) is 0 Å². The third-order valence-corrected chi connectivity index (χ3v) is 4.08. The fraction of sp³-hybridized carbons (Fsp3) is 0.600. The smallest absolute Gasteiger partial charge is 0.0576 e.